The van der Waals surface area contributed by atoms with Gasteiger partial charge < -0.3 is 115 Å². The molecule has 29 nitrogen and oxygen atoms in total. The van der Waals surface area contributed by atoms with E-state index in [2.05, 4.69) is 31.9 Å². The second kappa shape index (κ2) is 45.4. The molecule has 0 aromatic heterocycles. The van der Waals surface area contributed by atoms with Crippen molar-refractivity contribution in [2.24, 2.45) is 23.2 Å². The van der Waals surface area contributed by atoms with Gasteiger partial charge in [0.1, 0.15) is 30.5 Å². The van der Waals surface area contributed by atoms with Crippen molar-refractivity contribution in [3.05, 3.63) is 0 Å². The van der Waals surface area contributed by atoms with Gasteiger partial charge in [-0.05, 0) is 64.2 Å². The Morgan fingerprint density at radius 1 is 0.398 bits per heavy atom. The average Bonchev–Trinajstić information content (AvgIpc) is 3.59. The van der Waals surface area contributed by atoms with Gasteiger partial charge in [0.2, 0.25) is 35.4 Å². The largest absolute Gasteiger partial charge is 0.394 e. The van der Waals surface area contributed by atoms with Crippen LogP contribution in [0.2, 0.25) is 0 Å². The minimum absolute atomic E-state index is 0.0266. The molecule has 0 radical (unpaired) electrons. The zero-order chi connectivity index (χ0) is 64.7. The third kappa shape index (κ3) is 31.9. The van der Waals surface area contributed by atoms with Gasteiger partial charge in [-0.25, -0.2) is 0 Å². The number of carbonyl (C=O) groups excluding carboxylic acids is 6. The van der Waals surface area contributed by atoms with Gasteiger partial charge in [-0.15, -0.1) is 0 Å². The number of carbonyl (C=O) groups is 6. The summed E-state index contributed by atoms with van der Waals surface area (Å²) in [5.74, 6) is -2.15. The summed E-state index contributed by atoms with van der Waals surface area (Å²) in [6, 6.07) is 0. The van der Waals surface area contributed by atoms with Gasteiger partial charge in [0.15, 0.2) is 18.9 Å². The lowest BCUT2D eigenvalue weighted by atomic mass is 9.92. The molecule has 3 aliphatic heterocycles. The second-order valence-electron chi connectivity index (χ2n) is 23.5. The van der Waals surface area contributed by atoms with Crippen LogP contribution in [0, 0.1) is 23.2 Å². The molecule has 3 rings (SSSR count). The highest BCUT2D eigenvalue weighted by Gasteiger charge is 2.44. The van der Waals surface area contributed by atoms with Crippen molar-refractivity contribution in [3.8, 4) is 0 Å². The third-order valence-corrected chi connectivity index (χ3v) is 15.4. The highest BCUT2D eigenvalue weighted by atomic mass is 16.7. The molecule has 14 N–H and O–H groups in total. The molecule has 0 aromatic rings. The van der Waals surface area contributed by atoms with Crippen LogP contribution in [0.1, 0.15) is 130 Å². The van der Waals surface area contributed by atoms with E-state index in [1.807, 2.05) is 13.8 Å². The molecule has 3 fully saturated rings. The van der Waals surface area contributed by atoms with Crippen LogP contribution in [0.15, 0.2) is 0 Å². The van der Waals surface area contributed by atoms with E-state index in [0.29, 0.717) is 117 Å². The summed E-state index contributed by atoms with van der Waals surface area (Å²) in [4.78, 5) is 74.9. The van der Waals surface area contributed by atoms with Gasteiger partial charge in [0, 0.05) is 121 Å². The molecule has 3 aliphatic rings. The van der Waals surface area contributed by atoms with E-state index in [4.69, 9.17) is 42.6 Å². The Morgan fingerprint density at radius 3 is 1.01 bits per heavy atom. The van der Waals surface area contributed by atoms with E-state index < -0.39 is 98.2 Å². The lowest BCUT2D eigenvalue weighted by molar-refractivity contribution is -0.282. The fourth-order valence-electron chi connectivity index (χ4n) is 9.73. The molecule has 0 saturated carbocycles. The summed E-state index contributed by atoms with van der Waals surface area (Å²) >= 11 is 0. The maximum Gasteiger partial charge on any atom is 0.222 e. The van der Waals surface area contributed by atoms with Crippen LogP contribution in [0.5, 0.6) is 0 Å². The number of nitrogens with one attached hydrogen (secondary N) is 6. The molecule has 14 atom stereocenters. The minimum Gasteiger partial charge on any atom is -0.394 e. The molecule has 3 heterocycles. The second-order valence-corrected chi connectivity index (χ2v) is 23.5. The van der Waals surface area contributed by atoms with Gasteiger partial charge in [0.25, 0.3) is 0 Å². The highest BCUT2D eigenvalue weighted by Crippen LogP contribution is 2.29. The molecular weight excluding hydrogens is 1160 g/mol. The molecule has 0 bridgehead atoms. The summed E-state index contributed by atoms with van der Waals surface area (Å²) in [6.45, 7) is 9.62. The van der Waals surface area contributed by atoms with Crippen molar-refractivity contribution in [3.63, 3.8) is 0 Å². The number of unbranched alkanes of at least 4 members (excludes halogenated alkanes) is 3. The Hall–Kier alpha value is -3.86. The summed E-state index contributed by atoms with van der Waals surface area (Å²) in [6.07, 6.45) is -3.54. The monoisotopic (exact) mass is 1270 g/mol. The van der Waals surface area contributed by atoms with Crippen molar-refractivity contribution < 1.29 is 112 Å². The maximum atomic E-state index is 12.6. The van der Waals surface area contributed by atoms with Gasteiger partial charge in [0.05, 0.1) is 77.8 Å². The van der Waals surface area contributed by atoms with Crippen LogP contribution >= 0.6 is 0 Å². The third-order valence-electron chi connectivity index (χ3n) is 15.4. The van der Waals surface area contributed by atoms with Crippen LogP contribution in [-0.2, 0) is 71.4 Å². The number of hydrogen-bond acceptors (Lipinski definition) is 23. The molecule has 29 heteroatoms. The van der Waals surface area contributed by atoms with Gasteiger partial charge in [-0.2, -0.15) is 0 Å². The number of ether oxygens (including phenoxy) is 9. The molecule has 0 spiro atoms. The highest BCUT2D eigenvalue weighted by molar-refractivity contribution is 5.78. The molecule has 512 valence electrons. The van der Waals surface area contributed by atoms with Crippen molar-refractivity contribution in [2.75, 3.05) is 119 Å². The first-order chi connectivity index (χ1) is 42.2. The first-order valence-electron chi connectivity index (χ1n) is 31.6. The van der Waals surface area contributed by atoms with Crippen molar-refractivity contribution in [1.29, 1.82) is 0 Å². The fraction of sp³-hybridized carbons (Fsp3) is 0.898. The molecule has 0 aliphatic carbocycles. The van der Waals surface area contributed by atoms with Gasteiger partial charge >= 0.3 is 0 Å². The summed E-state index contributed by atoms with van der Waals surface area (Å²) in [7, 11) is 0. The van der Waals surface area contributed by atoms with Crippen molar-refractivity contribution in [1.82, 2.24) is 31.9 Å². The minimum atomic E-state index is -1.21. The zero-order valence-corrected chi connectivity index (χ0v) is 52.3. The summed E-state index contributed by atoms with van der Waals surface area (Å²) < 4.78 is 51.7. The average molecular weight is 1270 g/mol. The smallest absolute Gasteiger partial charge is 0.222 e. The predicted molar refractivity (Wildman–Crippen MR) is 315 cm³/mol. The van der Waals surface area contributed by atoms with E-state index in [9.17, 15) is 69.6 Å². The SMILES string of the molecule is CC1CC(O)C(CO)OC1OCCCCC(=O)NCCCNC(=O)CCOCC(C)(COCCC(=O)NCCCNC(=O)CCCCOC1OC(CO)C(O)C(O)C1C)COCCC(=O)NCCCNC(=O)CCCCOC1OC(CO)C(O)C(O)C1C. The molecule has 3 saturated heterocycles. The normalized spacial score (nSPS) is 27.0. The quantitative estimate of drug-likeness (QED) is 0.0290. The van der Waals surface area contributed by atoms with Crippen LogP contribution in [0.3, 0.4) is 0 Å². The van der Waals surface area contributed by atoms with Crippen molar-refractivity contribution in [2.45, 2.75) is 198 Å². The van der Waals surface area contributed by atoms with Crippen LogP contribution in [-0.4, -0.2) is 263 Å². The Morgan fingerprint density at radius 2 is 0.693 bits per heavy atom. The Labute approximate surface area is 518 Å². The first-order valence-corrected chi connectivity index (χ1v) is 31.6. The number of aliphatic hydroxyl groups excluding tert-OH is 8. The fourth-order valence-corrected chi connectivity index (χ4v) is 9.73. The van der Waals surface area contributed by atoms with Crippen LogP contribution in [0.25, 0.3) is 0 Å². The topological polar surface area (TPSA) is 420 Å². The Bertz CT molecular complexity index is 1860. The number of rotatable bonds is 48. The standard InChI is InChI=1S/C59H108N6O23/c1-39-32-42(69)43(33-66)86-56(39)83-26-8-5-14-46(70)60-20-11-23-63-49(73)17-29-80-36-59(4,37-81-30-18-50(74)64-24-12-21-61-47(71)15-6-9-27-84-57-40(2)52(76)54(78)44(34-67)87-57)38-82-31-19-51(75)65-25-13-22-62-48(72)16-7-10-28-85-58-41(3)53(77)55(79)45(35-68)88-58/h39-45,52-58,66-69,76-79H,5-38H2,1-4H3,(H,60,70)(H,61,71)(H,62,72)(H,63,73)(H,64,74)(H,65,75). The summed E-state index contributed by atoms with van der Waals surface area (Å²) in [5.41, 5.74) is -0.733. The number of hydrogen-bond donors (Lipinski definition) is 14. The molecule has 6 amide bonds. The number of amides is 6. The van der Waals surface area contributed by atoms with Gasteiger partial charge in [-0.3, -0.25) is 28.8 Å². The zero-order valence-electron chi connectivity index (χ0n) is 52.3. The van der Waals surface area contributed by atoms with E-state index >= 15 is 0 Å². The number of aliphatic hydroxyl groups is 8. The Balaban J connectivity index is 1.29. The molecule has 14 unspecified atom stereocenters. The first kappa shape index (κ1) is 78.4. The van der Waals surface area contributed by atoms with E-state index in [-0.39, 0.29) is 133 Å². The Kier molecular flexibility index (Phi) is 40.4. The van der Waals surface area contributed by atoms with Crippen molar-refractivity contribution >= 4 is 35.4 Å². The molecule has 88 heavy (non-hydrogen) atoms. The van der Waals surface area contributed by atoms with Gasteiger partial charge in [-0.1, -0.05) is 27.7 Å². The lowest BCUT2D eigenvalue weighted by Crippen LogP contribution is -2.55. The lowest BCUT2D eigenvalue weighted by Gasteiger charge is -2.40. The predicted octanol–water partition coefficient (Wildman–Crippen LogP) is -2.10. The van der Waals surface area contributed by atoms with E-state index in [0.717, 1.165) is 0 Å². The maximum absolute atomic E-state index is 12.6. The van der Waals surface area contributed by atoms with E-state index in [1.54, 1.807) is 13.8 Å². The summed E-state index contributed by atoms with van der Waals surface area (Å²) in [5, 5.41) is 95.6. The molecular formula is C59H108N6O23. The van der Waals surface area contributed by atoms with E-state index in [1.165, 1.54) is 0 Å². The van der Waals surface area contributed by atoms with Crippen LogP contribution in [0.4, 0.5) is 0 Å². The van der Waals surface area contributed by atoms with Crippen LogP contribution < -0.4 is 31.9 Å². The molecule has 0 aromatic carbocycles.